The number of ether oxygens (including phenoxy) is 2. The van der Waals surface area contributed by atoms with Crippen molar-refractivity contribution in [3.8, 4) is 22.8 Å². The molecular formula is C24H20N2O4. The van der Waals surface area contributed by atoms with E-state index in [4.69, 9.17) is 9.47 Å². The molecule has 4 aromatic rings. The average Bonchev–Trinajstić information content (AvgIpc) is 2.79. The van der Waals surface area contributed by atoms with Gasteiger partial charge in [-0.25, -0.2) is 4.68 Å². The molecule has 4 rings (SSSR count). The summed E-state index contributed by atoms with van der Waals surface area (Å²) in [5.41, 5.74) is 1.58. The van der Waals surface area contributed by atoms with Crippen LogP contribution in [0.5, 0.6) is 11.5 Å². The fraction of sp³-hybridized carbons (Fsp3) is 0.125. The van der Waals surface area contributed by atoms with Gasteiger partial charge >= 0.3 is 0 Å². The van der Waals surface area contributed by atoms with Gasteiger partial charge in [0.05, 0.1) is 19.9 Å². The summed E-state index contributed by atoms with van der Waals surface area (Å²) >= 11 is 0. The lowest BCUT2D eigenvalue weighted by Gasteiger charge is -2.10. The van der Waals surface area contributed by atoms with E-state index in [0.717, 1.165) is 16.3 Å². The van der Waals surface area contributed by atoms with Crippen LogP contribution in [0.3, 0.4) is 0 Å². The molecule has 0 amide bonds. The first-order valence-electron chi connectivity index (χ1n) is 9.41. The third kappa shape index (κ3) is 3.80. The van der Waals surface area contributed by atoms with Gasteiger partial charge in [-0.1, -0.05) is 36.4 Å². The van der Waals surface area contributed by atoms with Gasteiger partial charge in [0.25, 0.3) is 5.56 Å². The predicted octanol–water partition coefficient (Wildman–Crippen LogP) is 3.96. The zero-order chi connectivity index (χ0) is 21.1. The Labute approximate surface area is 173 Å². The quantitative estimate of drug-likeness (QED) is 0.458. The number of methoxy groups -OCH3 is 2. The van der Waals surface area contributed by atoms with Crippen LogP contribution in [-0.2, 0) is 6.54 Å². The Balaban J connectivity index is 1.65. The zero-order valence-electron chi connectivity index (χ0n) is 16.7. The van der Waals surface area contributed by atoms with E-state index in [1.807, 2.05) is 42.5 Å². The molecule has 6 heteroatoms. The van der Waals surface area contributed by atoms with Crippen LogP contribution in [0.25, 0.3) is 22.0 Å². The van der Waals surface area contributed by atoms with Gasteiger partial charge in [-0.05, 0) is 41.1 Å². The molecule has 0 spiro atoms. The molecule has 0 aliphatic heterocycles. The number of hydrogen-bond donors (Lipinski definition) is 0. The number of rotatable bonds is 6. The second-order valence-corrected chi connectivity index (χ2v) is 6.77. The molecule has 1 aromatic heterocycles. The Morgan fingerprint density at radius 3 is 2.40 bits per heavy atom. The molecule has 0 saturated carbocycles. The Hall–Kier alpha value is -3.93. The summed E-state index contributed by atoms with van der Waals surface area (Å²) in [6.45, 7) is -0.171. The third-order valence-corrected chi connectivity index (χ3v) is 4.91. The standard InChI is InChI=1S/C24H20N2O4/c1-29-22-11-9-19(14-23(22)30-2)21(27)15-26-24(28)12-10-20(25-26)18-8-7-16-5-3-4-6-17(16)13-18/h3-14H,15H2,1-2H3. The van der Waals surface area contributed by atoms with Crippen molar-refractivity contribution in [1.29, 1.82) is 0 Å². The minimum Gasteiger partial charge on any atom is -0.493 e. The molecule has 6 nitrogen and oxygen atoms in total. The Bertz CT molecular complexity index is 1290. The molecule has 0 atom stereocenters. The van der Waals surface area contributed by atoms with Crippen molar-refractivity contribution in [2.45, 2.75) is 6.54 Å². The maximum Gasteiger partial charge on any atom is 0.267 e. The van der Waals surface area contributed by atoms with Gasteiger partial charge in [0.1, 0.15) is 6.54 Å². The van der Waals surface area contributed by atoms with Gasteiger partial charge in [0, 0.05) is 17.2 Å². The first-order chi connectivity index (χ1) is 14.6. The lowest BCUT2D eigenvalue weighted by molar-refractivity contribution is 0.0965. The normalized spacial score (nSPS) is 10.7. The number of aromatic nitrogens is 2. The maximum absolute atomic E-state index is 12.8. The smallest absolute Gasteiger partial charge is 0.267 e. The molecule has 0 fully saturated rings. The molecule has 0 aliphatic rings. The van der Waals surface area contributed by atoms with Crippen LogP contribution in [0.2, 0.25) is 0 Å². The van der Waals surface area contributed by atoms with Gasteiger partial charge in [0.15, 0.2) is 17.3 Å². The highest BCUT2D eigenvalue weighted by molar-refractivity contribution is 5.96. The maximum atomic E-state index is 12.8. The van der Waals surface area contributed by atoms with Crippen molar-refractivity contribution in [2.24, 2.45) is 0 Å². The van der Waals surface area contributed by atoms with Crippen molar-refractivity contribution in [3.63, 3.8) is 0 Å². The lowest BCUT2D eigenvalue weighted by Crippen LogP contribution is -2.26. The number of fused-ring (bicyclic) bond motifs is 1. The van der Waals surface area contributed by atoms with E-state index in [-0.39, 0.29) is 17.9 Å². The minimum atomic E-state index is -0.339. The second kappa shape index (κ2) is 8.21. The number of nitrogens with zero attached hydrogens (tertiary/aromatic N) is 2. The molecule has 0 bridgehead atoms. The van der Waals surface area contributed by atoms with E-state index in [0.29, 0.717) is 22.8 Å². The van der Waals surface area contributed by atoms with Crippen LogP contribution in [-0.4, -0.2) is 29.8 Å². The molecule has 0 unspecified atom stereocenters. The summed E-state index contributed by atoms with van der Waals surface area (Å²) in [5, 5.41) is 6.62. The summed E-state index contributed by atoms with van der Waals surface area (Å²) in [7, 11) is 3.03. The van der Waals surface area contributed by atoms with Crippen LogP contribution in [0, 0.1) is 0 Å². The van der Waals surface area contributed by atoms with Gasteiger partial charge in [-0.15, -0.1) is 0 Å². The first kappa shape index (κ1) is 19.4. The SMILES string of the molecule is COc1ccc(C(=O)Cn2nc(-c3ccc4ccccc4c3)ccc2=O)cc1OC. The molecule has 150 valence electrons. The second-order valence-electron chi connectivity index (χ2n) is 6.77. The van der Waals surface area contributed by atoms with E-state index in [2.05, 4.69) is 5.10 Å². The molecule has 0 saturated heterocycles. The highest BCUT2D eigenvalue weighted by atomic mass is 16.5. The van der Waals surface area contributed by atoms with Crippen molar-refractivity contribution >= 4 is 16.6 Å². The summed E-state index contributed by atoms with van der Waals surface area (Å²) < 4.78 is 11.6. The number of hydrogen-bond acceptors (Lipinski definition) is 5. The summed E-state index contributed by atoms with van der Waals surface area (Å²) in [5.74, 6) is 0.734. The van der Waals surface area contributed by atoms with Crippen LogP contribution < -0.4 is 15.0 Å². The van der Waals surface area contributed by atoms with Gasteiger partial charge in [0.2, 0.25) is 0 Å². The topological polar surface area (TPSA) is 70.4 Å². The van der Waals surface area contributed by atoms with Crippen LogP contribution in [0.15, 0.2) is 77.6 Å². The van der Waals surface area contributed by atoms with E-state index in [1.54, 1.807) is 24.3 Å². The van der Waals surface area contributed by atoms with E-state index < -0.39 is 0 Å². The fourth-order valence-electron chi connectivity index (χ4n) is 3.30. The van der Waals surface area contributed by atoms with Crippen molar-refractivity contribution < 1.29 is 14.3 Å². The largest absolute Gasteiger partial charge is 0.493 e. The van der Waals surface area contributed by atoms with Gasteiger partial charge < -0.3 is 9.47 Å². The van der Waals surface area contributed by atoms with Gasteiger partial charge in [-0.3, -0.25) is 9.59 Å². The van der Waals surface area contributed by atoms with E-state index in [9.17, 15) is 9.59 Å². The van der Waals surface area contributed by atoms with E-state index >= 15 is 0 Å². The number of carbonyl (C=O) groups excluding carboxylic acids is 1. The van der Waals surface area contributed by atoms with Crippen molar-refractivity contribution in [2.75, 3.05) is 14.2 Å². The molecule has 1 heterocycles. The lowest BCUT2D eigenvalue weighted by atomic mass is 10.1. The number of benzene rings is 3. The van der Waals surface area contributed by atoms with Crippen LogP contribution >= 0.6 is 0 Å². The molecule has 3 aromatic carbocycles. The predicted molar refractivity (Wildman–Crippen MR) is 115 cm³/mol. The molecular weight excluding hydrogens is 380 g/mol. The number of Topliss-reactive ketones (excluding diaryl/α,β-unsaturated/α-hetero) is 1. The van der Waals surface area contributed by atoms with Crippen molar-refractivity contribution in [1.82, 2.24) is 9.78 Å². The van der Waals surface area contributed by atoms with Crippen LogP contribution in [0.4, 0.5) is 0 Å². The van der Waals surface area contributed by atoms with E-state index in [1.165, 1.54) is 25.0 Å². The van der Waals surface area contributed by atoms with Gasteiger partial charge in [-0.2, -0.15) is 5.10 Å². The highest BCUT2D eigenvalue weighted by Gasteiger charge is 2.13. The number of ketones is 1. The van der Waals surface area contributed by atoms with Crippen LogP contribution in [0.1, 0.15) is 10.4 Å². The first-order valence-corrected chi connectivity index (χ1v) is 9.41. The highest BCUT2D eigenvalue weighted by Crippen LogP contribution is 2.28. The Morgan fingerprint density at radius 1 is 0.867 bits per heavy atom. The molecule has 0 aliphatic carbocycles. The third-order valence-electron chi connectivity index (χ3n) is 4.91. The zero-order valence-corrected chi connectivity index (χ0v) is 16.7. The van der Waals surface area contributed by atoms with Crippen molar-refractivity contribution in [3.05, 3.63) is 88.7 Å². The summed E-state index contributed by atoms with van der Waals surface area (Å²) in [4.78, 5) is 25.1. The molecule has 30 heavy (non-hydrogen) atoms. The molecule has 0 radical (unpaired) electrons. The monoisotopic (exact) mass is 400 g/mol. The fourth-order valence-corrected chi connectivity index (χ4v) is 3.30. The number of carbonyl (C=O) groups is 1. The Kier molecular flexibility index (Phi) is 5.30. The summed E-state index contributed by atoms with van der Waals surface area (Å²) in [6.07, 6.45) is 0. The molecule has 0 N–H and O–H groups in total. The Morgan fingerprint density at radius 2 is 1.63 bits per heavy atom. The minimum absolute atomic E-state index is 0.171. The summed E-state index contributed by atoms with van der Waals surface area (Å²) in [6, 6.07) is 22.0. The average molecular weight is 400 g/mol.